The van der Waals surface area contributed by atoms with Crippen LogP contribution in [-0.4, -0.2) is 22.7 Å². The minimum absolute atomic E-state index is 0.0130. The van der Waals surface area contributed by atoms with E-state index in [0.29, 0.717) is 30.5 Å². The number of rotatable bonds is 5. The maximum absolute atomic E-state index is 12.4. The number of nitrogens with one attached hydrogen (secondary N) is 1. The van der Waals surface area contributed by atoms with Gasteiger partial charge in [-0.1, -0.05) is 30.3 Å². The fourth-order valence-corrected chi connectivity index (χ4v) is 3.44. The molecule has 0 saturated carbocycles. The molecule has 2 aromatic rings. The number of phenols is 2. The molecule has 138 valence electrons. The highest BCUT2D eigenvalue weighted by molar-refractivity contribution is 6.02. The van der Waals surface area contributed by atoms with Crippen LogP contribution < -0.4 is 5.32 Å². The van der Waals surface area contributed by atoms with Crippen LogP contribution in [-0.2, 0) is 24.1 Å². The van der Waals surface area contributed by atoms with E-state index in [4.69, 9.17) is 0 Å². The number of hydrogen-bond acceptors (Lipinski definition) is 4. The summed E-state index contributed by atoms with van der Waals surface area (Å²) in [6, 6.07) is 13.2. The summed E-state index contributed by atoms with van der Waals surface area (Å²) in [4.78, 5) is 12.4. The van der Waals surface area contributed by atoms with E-state index < -0.39 is 5.91 Å². The van der Waals surface area contributed by atoms with Gasteiger partial charge in [-0.15, -0.1) is 0 Å². The fourth-order valence-electron chi connectivity index (χ4n) is 3.44. The van der Waals surface area contributed by atoms with E-state index in [1.54, 1.807) is 0 Å². The van der Waals surface area contributed by atoms with Gasteiger partial charge in [-0.25, -0.2) is 0 Å². The molecule has 0 aromatic heterocycles. The number of nitriles is 1. The highest BCUT2D eigenvalue weighted by Gasteiger charge is 2.20. The lowest BCUT2D eigenvalue weighted by molar-refractivity contribution is -0.117. The molecule has 0 fully saturated rings. The largest absolute Gasteiger partial charge is 0.504 e. The second-order valence-electron chi connectivity index (χ2n) is 6.66. The van der Waals surface area contributed by atoms with Crippen LogP contribution in [0.25, 0.3) is 6.08 Å². The van der Waals surface area contributed by atoms with E-state index >= 15 is 0 Å². The molecule has 1 amide bonds. The number of carbonyl (C=O) groups is 1. The van der Waals surface area contributed by atoms with Crippen molar-refractivity contribution in [3.05, 3.63) is 64.2 Å². The normalized spacial score (nSPS) is 13.5. The third-order valence-electron chi connectivity index (χ3n) is 4.84. The Labute approximate surface area is 158 Å². The molecule has 0 heterocycles. The number of aromatic hydroxyl groups is 2. The lowest BCUT2D eigenvalue weighted by Gasteiger charge is -2.20. The topological polar surface area (TPSA) is 93.3 Å². The van der Waals surface area contributed by atoms with Gasteiger partial charge in [-0.3, -0.25) is 4.79 Å². The molecular formula is C22H22N2O3. The summed E-state index contributed by atoms with van der Waals surface area (Å²) >= 11 is 0. The summed E-state index contributed by atoms with van der Waals surface area (Å²) in [6.07, 6.45) is 5.54. The third-order valence-corrected chi connectivity index (χ3v) is 4.84. The quantitative estimate of drug-likeness (QED) is 0.432. The Kier molecular flexibility index (Phi) is 5.77. The predicted octanol–water partition coefficient (Wildman–Crippen LogP) is 3.24. The molecule has 27 heavy (non-hydrogen) atoms. The molecule has 0 bridgehead atoms. The van der Waals surface area contributed by atoms with Crippen molar-refractivity contribution >= 4 is 12.0 Å². The van der Waals surface area contributed by atoms with E-state index in [2.05, 4.69) is 5.32 Å². The van der Waals surface area contributed by atoms with Gasteiger partial charge in [0.2, 0.25) is 0 Å². The number of amides is 1. The van der Waals surface area contributed by atoms with Crippen molar-refractivity contribution in [3.8, 4) is 17.6 Å². The Morgan fingerprint density at radius 2 is 1.85 bits per heavy atom. The average molecular weight is 362 g/mol. The molecule has 1 aliphatic carbocycles. The summed E-state index contributed by atoms with van der Waals surface area (Å²) in [5.74, 6) is -0.748. The monoisotopic (exact) mass is 362 g/mol. The zero-order valence-electron chi connectivity index (χ0n) is 15.0. The molecule has 5 heteroatoms. The van der Waals surface area contributed by atoms with Gasteiger partial charge in [0.25, 0.3) is 5.91 Å². The van der Waals surface area contributed by atoms with Crippen LogP contribution in [0, 0.1) is 11.3 Å². The lowest BCUT2D eigenvalue weighted by Crippen LogP contribution is -2.26. The lowest BCUT2D eigenvalue weighted by atomic mass is 9.86. The van der Waals surface area contributed by atoms with Gasteiger partial charge in [0.05, 0.1) is 0 Å². The van der Waals surface area contributed by atoms with Crippen molar-refractivity contribution < 1.29 is 15.0 Å². The predicted molar refractivity (Wildman–Crippen MR) is 103 cm³/mol. The van der Waals surface area contributed by atoms with Gasteiger partial charge >= 0.3 is 0 Å². The van der Waals surface area contributed by atoms with Crippen LogP contribution in [0.3, 0.4) is 0 Å². The van der Waals surface area contributed by atoms with Crippen LogP contribution in [0.15, 0.2) is 42.0 Å². The summed E-state index contributed by atoms with van der Waals surface area (Å²) in [7, 11) is 0. The van der Waals surface area contributed by atoms with Crippen LogP contribution >= 0.6 is 0 Å². The maximum atomic E-state index is 12.4. The molecule has 3 rings (SSSR count). The fraction of sp³-hybridized carbons (Fsp3) is 0.273. The van der Waals surface area contributed by atoms with Crippen molar-refractivity contribution in [2.45, 2.75) is 32.1 Å². The first kappa shape index (κ1) is 18.5. The van der Waals surface area contributed by atoms with E-state index in [1.807, 2.05) is 36.4 Å². The molecule has 0 saturated heterocycles. The second-order valence-corrected chi connectivity index (χ2v) is 6.66. The summed E-state index contributed by atoms with van der Waals surface area (Å²) in [6.45, 7) is 0.431. The molecule has 2 aromatic carbocycles. The van der Waals surface area contributed by atoms with Gasteiger partial charge in [0.15, 0.2) is 11.5 Å². The standard InChI is InChI=1S/C22H22N2O3/c23-14-17(22(27)24-11-10-15-6-2-1-3-7-15)12-16-13-20(25)21(26)19-9-5-4-8-18(16)19/h1-3,6-7,12-13,25-26H,4-5,8-11H2,(H,24,27). The minimum Gasteiger partial charge on any atom is -0.504 e. The van der Waals surface area contributed by atoms with Crippen LogP contribution in [0.1, 0.15) is 35.1 Å². The third kappa shape index (κ3) is 4.29. The molecule has 3 N–H and O–H groups in total. The molecule has 5 nitrogen and oxygen atoms in total. The Morgan fingerprint density at radius 3 is 2.56 bits per heavy atom. The Bertz CT molecular complexity index is 911. The first-order valence-corrected chi connectivity index (χ1v) is 9.10. The van der Waals surface area contributed by atoms with Crippen molar-refractivity contribution in [2.75, 3.05) is 6.54 Å². The van der Waals surface area contributed by atoms with Gasteiger partial charge in [0, 0.05) is 12.1 Å². The van der Waals surface area contributed by atoms with Gasteiger partial charge < -0.3 is 15.5 Å². The number of fused-ring (bicyclic) bond motifs is 1. The smallest absolute Gasteiger partial charge is 0.261 e. The van der Waals surface area contributed by atoms with Crippen molar-refractivity contribution in [1.82, 2.24) is 5.32 Å². The van der Waals surface area contributed by atoms with Crippen LogP contribution in [0.5, 0.6) is 11.5 Å². The first-order chi connectivity index (χ1) is 13.1. The van der Waals surface area contributed by atoms with E-state index in [1.165, 1.54) is 12.1 Å². The zero-order valence-corrected chi connectivity index (χ0v) is 15.0. The molecular weight excluding hydrogens is 340 g/mol. The first-order valence-electron chi connectivity index (χ1n) is 9.10. The van der Waals surface area contributed by atoms with Crippen molar-refractivity contribution in [1.29, 1.82) is 5.26 Å². The van der Waals surface area contributed by atoms with E-state index in [9.17, 15) is 20.3 Å². The Balaban J connectivity index is 1.77. The minimum atomic E-state index is -0.439. The van der Waals surface area contributed by atoms with Gasteiger partial charge in [0.1, 0.15) is 11.6 Å². The van der Waals surface area contributed by atoms with Crippen molar-refractivity contribution in [2.24, 2.45) is 0 Å². The van der Waals surface area contributed by atoms with Crippen molar-refractivity contribution in [3.63, 3.8) is 0 Å². The van der Waals surface area contributed by atoms with Gasteiger partial charge in [-0.2, -0.15) is 5.26 Å². The van der Waals surface area contributed by atoms with Gasteiger partial charge in [-0.05, 0) is 60.9 Å². The summed E-state index contributed by atoms with van der Waals surface area (Å²) in [5.41, 5.74) is 3.34. The molecule has 0 radical (unpaired) electrons. The number of benzene rings is 2. The maximum Gasteiger partial charge on any atom is 0.261 e. The zero-order chi connectivity index (χ0) is 19.2. The highest BCUT2D eigenvalue weighted by Crippen LogP contribution is 2.39. The van der Waals surface area contributed by atoms with Crippen LogP contribution in [0.4, 0.5) is 0 Å². The summed E-state index contributed by atoms with van der Waals surface area (Å²) in [5, 5.41) is 32.2. The molecule has 1 aliphatic rings. The SMILES string of the molecule is N#CC(=Cc1cc(O)c(O)c2c1CCCC2)C(=O)NCCc1ccccc1. The van der Waals surface area contributed by atoms with E-state index in [-0.39, 0.29) is 17.1 Å². The number of carbonyl (C=O) groups excluding carboxylic acids is 1. The molecule has 0 atom stereocenters. The second kappa shape index (κ2) is 8.41. The highest BCUT2D eigenvalue weighted by atomic mass is 16.3. The number of phenolic OH excluding ortho intramolecular Hbond substituents is 2. The molecule has 0 spiro atoms. The summed E-state index contributed by atoms with van der Waals surface area (Å²) < 4.78 is 0. The average Bonchev–Trinajstić information content (AvgIpc) is 2.70. The van der Waals surface area contributed by atoms with E-state index in [0.717, 1.165) is 30.4 Å². The molecule has 0 unspecified atom stereocenters. The number of nitrogens with zero attached hydrogens (tertiary/aromatic N) is 1. The Morgan fingerprint density at radius 1 is 1.15 bits per heavy atom. The van der Waals surface area contributed by atoms with Crippen LogP contribution in [0.2, 0.25) is 0 Å². The number of hydrogen-bond donors (Lipinski definition) is 3. The molecule has 0 aliphatic heterocycles. The Hall–Kier alpha value is -3.26.